The van der Waals surface area contributed by atoms with Gasteiger partial charge in [0.15, 0.2) is 0 Å². The molecule has 0 radical (unpaired) electrons. The predicted molar refractivity (Wildman–Crippen MR) is 152 cm³/mol. The van der Waals surface area contributed by atoms with Crippen molar-refractivity contribution >= 4 is 42.9 Å². The van der Waals surface area contributed by atoms with E-state index in [2.05, 4.69) is 0 Å². The van der Waals surface area contributed by atoms with Crippen molar-refractivity contribution in [3.05, 3.63) is 69.7 Å². The number of ketones is 1. The molecular formula is C30H30ClF2N2O8P. The number of benzene rings is 2. The first-order valence-corrected chi connectivity index (χ1v) is 16.3. The lowest BCUT2D eigenvalue weighted by Gasteiger charge is -2.35. The van der Waals surface area contributed by atoms with Gasteiger partial charge in [0.05, 0.1) is 12.2 Å². The largest absolute Gasteiger partial charge is 0.477 e. The van der Waals surface area contributed by atoms with Crippen LogP contribution in [0.25, 0.3) is 0 Å². The second kappa shape index (κ2) is 12.1. The zero-order chi connectivity index (χ0) is 31.2. The van der Waals surface area contributed by atoms with Gasteiger partial charge in [0.25, 0.3) is 11.8 Å². The molecule has 6 rings (SSSR count). The molecule has 1 saturated heterocycles. The Labute approximate surface area is 257 Å². The Hall–Kier alpha value is -3.02. The van der Waals surface area contributed by atoms with Gasteiger partial charge in [-0.1, -0.05) is 35.9 Å². The lowest BCUT2D eigenvalue weighted by atomic mass is 9.97. The Balaban J connectivity index is 1.09. The minimum Gasteiger partial charge on any atom is -0.322 e. The highest BCUT2D eigenvalue weighted by molar-refractivity contribution is 7.48. The SMILES string of the molecule is O=C1CCC(N2Cc3cc(CCC(=O)C(F)(F)c4ccc(Cl)cc4)ccc3C2=O)C(=O)N1COP(=O)(OC1CC1)OC1CC1. The molecule has 2 aliphatic carbocycles. The van der Waals surface area contributed by atoms with Crippen molar-refractivity contribution in [1.29, 1.82) is 0 Å². The van der Waals surface area contributed by atoms with Gasteiger partial charge >= 0.3 is 13.7 Å². The Kier molecular flexibility index (Phi) is 8.49. The van der Waals surface area contributed by atoms with Crippen molar-refractivity contribution in [2.45, 2.75) is 82.1 Å². The van der Waals surface area contributed by atoms with Crippen LogP contribution < -0.4 is 0 Å². The molecule has 44 heavy (non-hydrogen) atoms. The summed E-state index contributed by atoms with van der Waals surface area (Å²) in [7, 11) is -3.98. The van der Waals surface area contributed by atoms with Gasteiger partial charge in [-0.3, -0.25) is 37.6 Å². The minimum atomic E-state index is -3.98. The number of imide groups is 1. The molecule has 2 aromatic carbocycles. The number of likely N-dealkylation sites (tertiary alicyclic amines) is 1. The lowest BCUT2D eigenvalue weighted by molar-refractivity contribution is -0.156. The van der Waals surface area contributed by atoms with Crippen molar-refractivity contribution < 1.29 is 46.1 Å². The third kappa shape index (κ3) is 6.65. The van der Waals surface area contributed by atoms with Crippen LogP contribution in [-0.2, 0) is 51.4 Å². The molecule has 1 unspecified atom stereocenters. The van der Waals surface area contributed by atoms with Gasteiger partial charge in [-0.2, -0.15) is 8.78 Å². The standard InChI is InChI=1S/C30H30ClF2N2O8P/c31-21-5-3-20(4-6-21)30(32,33)26(36)13-2-18-1-11-24-19(15-18)16-34(28(24)38)25-12-14-27(37)35(29(25)39)17-41-44(40,42-22-7-8-22)43-23-9-10-23/h1,3-6,11,15,22-23,25H,2,7-10,12-14,16-17H2. The van der Waals surface area contributed by atoms with E-state index in [9.17, 15) is 32.5 Å². The highest BCUT2D eigenvalue weighted by Gasteiger charge is 2.46. The zero-order valence-electron chi connectivity index (χ0n) is 23.6. The van der Waals surface area contributed by atoms with E-state index in [4.69, 9.17) is 25.2 Å². The van der Waals surface area contributed by atoms with Crippen LogP contribution >= 0.6 is 19.4 Å². The number of piperidine rings is 1. The van der Waals surface area contributed by atoms with Gasteiger partial charge < -0.3 is 4.90 Å². The molecule has 10 nitrogen and oxygen atoms in total. The van der Waals surface area contributed by atoms with Crippen molar-refractivity contribution in [3.63, 3.8) is 0 Å². The van der Waals surface area contributed by atoms with Crippen molar-refractivity contribution in [2.24, 2.45) is 0 Å². The van der Waals surface area contributed by atoms with Gasteiger partial charge in [-0.25, -0.2) is 4.57 Å². The van der Waals surface area contributed by atoms with Gasteiger partial charge in [0, 0.05) is 35.5 Å². The Morgan fingerprint density at radius 3 is 2.27 bits per heavy atom. The number of carbonyl (C=O) groups excluding carboxylic acids is 4. The minimum absolute atomic E-state index is 0.0252. The average molecular weight is 651 g/mol. The normalized spacial score (nSPS) is 20.8. The molecule has 0 spiro atoms. The monoisotopic (exact) mass is 650 g/mol. The molecule has 14 heteroatoms. The number of Topliss-reactive ketones (excluding diaryl/α,β-unsaturated/α-hetero) is 1. The molecule has 1 atom stereocenters. The smallest absolute Gasteiger partial charge is 0.322 e. The fourth-order valence-corrected chi connectivity index (χ4v) is 6.92. The quantitative estimate of drug-likeness (QED) is 0.205. The van der Waals surface area contributed by atoms with Crippen LogP contribution in [0, 0.1) is 0 Å². The Bertz CT molecular complexity index is 1530. The van der Waals surface area contributed by atoms with Crippen LogP contribution in [0.4, 0.5) is 8.78 Å². The molecule has 0 N–H and O–H groups in total. The Morgan fingerprint density at radius 2 is 1.64 bits per heavy atom. The molecular weight excluding hydrogens is 621 g/mol. The fraction of sp³-hybridized carbons (Fsp3) is 0.467. The van der Waals surface area contributed by atoms with Gasteiger partial charge in [0.1, 0.15) is 12.8 Å². The maximum atomic E-state index is 14.7. The van der Waals surface area contributed by atoms with Crippen LogP contribution in [0.15, 0.2) is 42.5 Å². The van der Waals surface area contributed by atoms with Gasteiger partial charge in [-0.05, 0) is 67.9 Å². The summed E-state index contributed by atoms with van der Waals surface area (Å²) in [5, 5.41) is 0.282. The summed E-state index contributed by atoms with van der Waals surface area (Å²) >= 11 is 5.77. The lowest BCUT2D eigenvalue weighted by Crippen LogP contribution is -2.55. The molecule has 3 fully saturated rings. The van der Waals surface area contributed by atoms with Crippen LogP contribution in [0.1, 0.15) is 72.0 Å². The summed E-state index contributed by atoms with van der Waals surface area (Å²) in [6.45, 7) is -0.567. The van der Waals surface area contributed by atoms with E-state index in [0.717, 1.165) is 42.7 Å². The number of aryl methyl sites for hydroxylation is 1. The summed E-state index contributed by atoms with van der Waals surface area (Å²) in [5.74, 6) is -6.52. The maximum absolute atomic E-state index is 14.7. The summed E-state index contributed by atoms with van der Waals surface area (Å²) in [6, 6.07) is 8.68. The third-order valence-electron chi connectivity index (χ3n) is 8.01. The average Bonchev–Trinajstić information content (AvgIpc) is 3.93. The van der Waals surface area contributed by atoms with E-state index in [0.29, 0.717) is 16.7 Å². The van der Waals surface area contributed by atoms with Crippen LogP contribution in [0.3, 0.4) is 0 Å². The number of halogens is 3. The number of phosphoric acid groups is 1. The van der Waals surface area contributed by atoms with Crippen LogP contribution in [0.2, 0.25) is 5.02 Å². The van der Waals surface area contributed by atoms with E-state index >= 15 is 0 Å². The van der Waals surface area contributed by atoms with Gasteiger partial charge in [0.2, 0.25) is 11.7 Å². The number of alkyl halides is 2. The van der Waals surface area contributed by atoms with Crippen LogP contribution in [-0.4, -0.2) is 58.3 Å². The highest BCUT2D eigenvalue weighted by Crippen LogP contribution is 2.57. The van der Waals surface area contributed by atoms with Crippen molar-refractivity contribution in [3.8, 4) is 0 Å². The topological polar surface area (TPSA) is 120 Å². The number of rotatable bonds is 13. The van der Waals surface area contributed by atoms with E-state index in [1.54, 1.807) is 18.2 Å². The second-order valence-corrected chi connectivity index (χ2v) is 13.5. The number of carbonyl (C=O) groups is 4. The number of nitrogens with zero attached hydrogens (tertiary/aromatic N) is 2. The first-order chi connectivity index (χ1) is 20.9. The second-order valence-electron chi connectivity index (χ2n) is 11.5. The number of fused-ring (bicyclic) bond motifs is 1. The summed E-state index contributed by atoms with van der Waals surface area (Å²) in [4.78, 5) is 54.0. The first kappa shape index (κ1) is 31.0. The molecule has 4 aliphatic rings. The maximum Gasteiger partial charge on any atom is 0.477 e. The molecule has 2 aromatic rings. The number of amides is 3. The highest BCUT2D eigenvalue weighted by atomic mass is 35.5. The molecule has 0 aromatic heterocycles. The van der Waals surface area contributed by atoms with E-state index in [-0.39, 0.29) is 43.0 Å². The number of hydrogen-bond acceptors (Lipinski definition) is 8. The number of hydrogen-bond donors (Lipinski definition) is 0. The van der Waals surface area contributed by atoms with Gasteiger partial charge in [-0.15, -0.1) is 0 Å². The number of phosphoric ester groups is 1. The van der Waals surface area contributed by atoms with E-state index in [1.165, 1.54) is 17.0 Å². The van der Waals surface area contributed by atoms with E-state index in [1.807, 2.05) is 0 Å². The van der Waals surface area contributed by atoms with Crippen molar-refractivity contribution in [2.75, 3.05) is 6.73 Å². The van der Waals surface area contributed by atoms with E-state index < -0.39 is 62.0 Å². The fourth-order valence-electron chi connectivity index (χ4n) is 5.21. The zero-order valence-corrected chi connectivity index (χ0v) is 25.2. The predicted octanol–water partition coefficient (Wildman–Crippen LogP) is 5.55. The molecule has 2 saturated carbocycles. The molecule has 2 heterocycles. The molecule has 2 aliphatic heterocycles. The van der Waals surface area contributed by atoms with Crippen molar-refractivity contribution in [1.82, 2.24) is 9.80 Å². The summed E-state index contributed by atoms with van der Waals surface area (Å²) in [6.07, 6.45) is 2.05. The first-order valence-electron chi connectivity index (χ1n) is 14.5. The third-order valence-corrected chi connectivity index (χ3v) is 9.81. The molecule has 234 valence electrons. The van der Waals surface area contributed by atoms with Crippen LogP contribution in [0.5, 0.6) is 0 Å². The summed E-state index contributed by atoms with van der Waals surface area (Å²) < 4.78 is 58.9. The summed E-state index contributed by atoms with van der Waals surface area (Å²) in [5.41, 5.74) is 1.07. The molecule has 3 amide bonds. The Morgan fingerprint density at radius 1 is 0.977 bits per heavy atom. The molecule has 0 bridgehead atoms.